The number of carbonyl (C=O) groups is 2. The molecule has 36 heavy (non-hydrogen) atoms. The minimum absolute atomic E-state index is 0.0397. The molecule has 2 unspecified atom stereocenters. The lowest BCUT2D eigenvalue weighted by Crippen LogP contribution is -2.55. The van der Waals surface area contributed by atoms with E-state index in [2.05, 4.69) is 42.3 Å². The Hall–Kier alpha value is -3.84. The van der Waals surface area contributed by atoms with Crippen molar-refractivity contribution in [2.45, 2.75) is 50.1 Å². The molecule has 0 aromatic heterocycles. The maximum absolute atomic E-state index is 13.4. The molecule has 4 nitrogen and oxygen atoms in total. The van der Waals surface area contributed by atoms with Crippen molar-refractivity contribution < 1.29 is 14.3 Å². The van der Waals surface area contributed by atoms with Crippen molar-refractivity contribution in [2.75, 3.05) is 6.61 Å². The maximum Gasteiger partial charge on any atom is 0.410 e. The molecule has 3 aliphatic rings. The second kappa shape index (κ2) is 9.32. The van der Waals surface area contributed by atoms with Crippen LogP contribution in [0.5, 0.6) is 0 Å². The van der Waals surface area contributed by atoms with Crippen LogP contribution in [0.2, 0.25) is 0 Å². The van der Waals surface area contributed by atoms with Gasteiger partial charge in [0.1, 0.15) is 6.61 Å². The Kier molecular flexibility index (Phi) is 5.85. The van der Waals surface area contributed by atoms with Gasteiger partial charge in [-0.25, -0.2) is 4.79 Å². The Morgan fingerprint density at radius 1 is 0.889 bits per heavy atom. The van der Waals surface area contributed by atoms with Crippen LogP contribution >= 0.6 is 0 Å². The molecule has 2 heterocycles. The lowest BCUT2D eigenvalue weighted by molar-refractivity contribution is 0.00651. The molecule has 3 aromatic carbocycles. The van der Waals surface area contributed by atoms with Gasteiger partial charge in [-0.1, -0.05) is 66.6 Å². The lowest BCUT2D eigenvalue weighted by atomic mass is 9.76. The van der Waals surface area contributed by atoms with Gasteiger partial charge in [0.15, 0.2) is 5.78 Å². The van der Waals surface area contributed by atoms with Crippen molar-refractivity contribution in [2.24, 2.45) is 5.92 Å². The number of fused-ring (bicyclic) bond motifs is 5. The van der Waals surface area contributed by atoms with E-state index in [1.807, 2.05) is 35.2 Å². The van der Waals surface area contributed by atoms with Crippen molar-refractivity contribution in [1.29, 1.82) is 0 Å². The van der Waals surface area contributed by atoms with Crippen LogP contribution in [-0.4, -0.2) is 35.5 Å². The minimum atomic E-state index is -0.244. The second-order valence-corrected chi connectivity index (χ2v) is 10.2. The summed E-state index contributed by atoms with van der Waals surface area (Å²) in [7, 11) is 0. The highest BCUT2D eigenvalue weighted by Gasteiger charge is 2.44. The zero-order valence-corrected chi connectivity index (χ0v) is 20.2. The Labute approximate surface area is 212 Å². The van der Waals surface area contributed by atoms with Crippen LogP contribution in [-0.2, 0) is 4.74 Å². The molecule has 1 amide bonds. The predicted molar refractivity (Wildman–Crippen MR) is 140 cm³/mol. The van der Waals surface area contributed by atoms with E-state index in [-0.39, 0.29) is 35.8 Å². The van der Waals surface area contributed by atoms with Gasteiger partial charge in [0.25, 0.3) is 0 Å². The third-order valence-corrected chi connectivity index (χ3v) is 8.21. The number of benzene rings is 3. The summed E-state index contributed by atoms with van der Waals surface area (Å²) < 4.78 is 6.01. The van der Waals surface area contributed by atoms with Gasteiger partial charge in [0, 0.05) is 35.0 Å². The van der Waals surface area contributed by atoms with Crippen LogP contribution in [0.4, 0.5) is 4.79 Å². The molecule has 0 N–H and O–H groups in total. The SMILES string of the molecule is C#Cc1cccc(C(=O)C2CC3CCCC(C2)N3C(=O)OCC2c3ccccc3-c3ccccc32)c1. The van der Waals surface area contributed by atoms with E-state index >= 15 is 0 Å². The largest absolute Gasteiger partial charge is 0.448 e. The molecule has 2 fully saturated rings. The fraction of sp³-hybridized carbons (Fsp3) is 0.312. The number of rotatable bonds is 4. The van der Waals surface area contributed by atoms with Crippen LogP contribution in [0.1, 0.15) is 65.1 Å². The zero-order valence-electron chi connectivity index (χ0n) is 20.2. The van der Waals surface area contributed by atoms with Crippen LogP contribution in [0.25, 0.3) is 11.1 Å². The van der Waals surface area contributed by atoms with Gasteiger partial charge in [-0.3, -0.25) is 4.79 Å². The molecule has 0 saturated carbocycles. The quantitative estimate of drug-likeness (QED) is 0.323. The average Bonchev–Trinajstić information content (AvgIpc) is 3.24. The standard InChI is InChI=1S/C32H29NO3/c1-2-21-9-7-10-22(17-21)31(34)23-18-24-11-8-12-25(19-23)33(24)32(35)36-20-30-28-15-5-3-13-26(28)27-14-4-6-16-29(27)30/h1,3-7,9-10,13-17,23-25,30H,8,11-12,18-20H2. The molecule has 2 saturated heterocycles. The van der Waals surface area contributed by atoms with E-state index in [4.69, 9.17) is 11.2 Å². The highest BCUT2D eigenvalue weighted by Crippen LogP contribution is 2.45. The fourth-order valence-corrected chi connectivity index (χ4v) is 6.56. The Balaban J connectivity index is 1.16. The van der Waals surface area contributed by atoms with Gasteiger partial charge in [0.2, 0.25) is 0 Å². The first-order chi connectivity index (χ1) is 17.6. The first-order valence-electron chi connectivity index (χ1n) is 12.9. The first-order valence-corrected chi connectivity index (χ1v) is 12.9. The van der Waals surface area contributed by atoms with Crippen molar-refractivity contribution >= 4 is 11.9 Å². The third kappa shape index (κ3) is 3.89. The zero-order chi connectivity index (χ0) is 24.6. The second-order valence-electron chi connectivity index (χ2n) is 10.2. The fourth-order valence-electron chi connectivity index (χ4n) is 6.56. The summed E-state index contributed by atoms with van der Waals surface area (Å²) >= 11 is 0. The van der Waals surface area contributed by atoms with Gasteiger partial charge in [-0.05, 0) is 66.5 Å². The van der Waals surface area contributed by atoms with E-state index in [0.29, 0.717) is 25.0 Å². The van der Waals surface area contributed by atoms with Crippen LogP contribution in [0.3, 0.4) is 0 Å². The maximum atomic E-state index is 13.4. The van der Waals surface area contributed by atoms with E-state index in [1.165, 1.54) is 22.3 Å². The number of hydrogen-bond acceptors (Lipinski definition) is 3. The summed E-state index contributed by atoms with van der Waals surface area (Å²) in [6.07, 6.45) is 9.55. The summed E-state index contributed by atoms with van der Waals surface area (Å²) in [5, 5.41) is 0. The normalized spacial score (nSPS) is 22.3. The molecule has 180 valence electrons. The first kappa shape index (κ1) is 22.6. The highest BCUT2D eigenvalue weighted by atomic mass is 16.6. The predicted octanol–water partition coefficient (Wildman–Crippen LogP) is 6.43. The minimum Gasteiger partial charge on any atom is -0.448 e. The molecule has 0 radical (unpaired) electrons. The van der Waals surface area contributed by atoms with E-state index < -0.39 is 0 Å². The molecule has 2 atom stereocenters. The van der Waals surface area contributed by atoms with Gasteiger partial charge < -0.3 is 9.64 Å². The molecule has 3 aromatic rings. The smallest absolute Gasteiger partial charge is 0.410 e. The van der Waals surface area contributed by atoms with Crippen LogP contribution < -0.4 is 0 Å². The number of hydrogen-bond donors (Lipinski definition) is 0. The number of carbonyl (C=O) groups excluding carboxylic acids is 2. The monoisotopic (exact) mass is 475 g/mol. The number of Topliss-reactive ketones (excluding diaryl/α,β-unsaturated/α-hetero) is 1. The Bertz CT molecular complexity index is 1310. The average molecular weight is 476 g/mol. The van der Waals surface area contributed by atoms with Crippen molar-refractivity contribution in [1.82, 2.24) is 4.90 Å². The molecule has 1 aliphatic carbocycles. The molecule has 0 spiro atoms. The number of ether oxygens (including phenoxy) is 1. The van der Waals surface area contributed by atoms with Gasteiger partial charge in [-0.15, -0.1) is 6.42 Å². The van der Waals surface area contributed by atoms with Crippen LogP contribution in [0.15, 0.2) is 72.8 Å². The van der Waals surface area contributed by atoms with E-state index in [0.717, 1.165) is 24.8 Å². The highest BCUT2D eigenvalue weighted by molar-refractivity contribution is 5.98. The van der Waals surface area contributed by atoms with E-state index in [9.17, 15) is 9.59 Å². The molecule has 6 rings (SSSR count). The molecular weight excluding hydrogens is 446 g/mol. The topological polar surface area (TPSA) is 46.6 Å². The van der Waals surface area contributed by atoms with Crippen LogP contribution in [0, 0.1) is 18.3 Å². The Morgan fingerprint density at radius 2 is 1.53 bits per heavy atom. The number of terminal acetylenes is 1. The third-order valence-electron chi connectivity index (χ3n) is 8.21. The molecule has 2 bridgehead atoms. The molecule has 4 heteroatoms. The van der Waals surface area contributed by atoms with Crippen molar-refractivity contribution in [3.63, 3.8) is 0 Å². The molecule has 2 aliphatic heterocycles. The number of amides is 1. The van der Waals surface area contributed by atoms with Crippen molar-refractivity contribution in [3.05, 3.63) is 95.1 Å². The summed E-state index contributed by atoms with van der Waals surface area (Å²) in [5.41, 5.74) is 6.26. The number of ketones is 1. The van der Waals surface area contributed by atoms with Gasteiger partial charge in [-0.2, -0.15) is 0 Å². The van der Waals surface area contributed by atoms with E-state index in [1.54, 1.807) is 6.07 Å². The number of nitrogens with zero attached hydrogens (tertiary/aromatic N) is 1. The summed E-state index contributed by atoms with van der Waals surface area (Å²) in [5.74, 6) is 2.70. The summed E-state index contributed by atoms with van der Waals surface area (Å²) in [6, 6.07) is 24.2. The number of piperidine rings is 2. The van der Waals surface area contributed by atoms with Gasteiger partial charge >= 0.3 is 6.09 Å². The summed E-state index contributed by atoms with van der Waals surface area (Å²) in [6.45, 7) is 0.323. The lowest BCUT2D eigenvalue weighted by Gasteiger charge is -2.47. The molecular formula is C32H29NO3. The van der Waals surface area contributed by atoms with Crippen molar-refractivity contribution in [3.8, 4) is 23.5 Å². The summed E-state index contributed by atoms with van der Waals surface area (Å²) in [4.78, 5) is 28.7. The Morgan fingerprint density at radius 3 is 2.17 bits per heavy atom. The van der Waals surface area contributed by atoms with Gasteiger partial charge in [0.05, 0.1) is 0 Å².